The van der Waals surface area contributed by atoms with Crippen LogP contribution in [0.2, 0.25) is 0 Å². The third-order valence-corrected chi connectivity index (χ3v) is 5.54. The molecule has 0 bridgehead atoms. The van der Waals surface area contributed by atoms with Gasteiger partial charge in [-0.1, -0.05) is 58.4 Å². The number of carboxylic acid groups (broad SMARTS) is 1. The van der Waals surface area contributed by atoms with Gasteiger partial charge in [-0.3, -0.25) is 9.59 Å². The van der Waals surface area contributed by atoms with Crippen LogP contribution in [0, 0.1) is 11.8 Å². The van der Waals surface area contributed by atoms with Crippen molar-refractivity contribution in [2.45, 2.75) is 31.3 Å². The highest BCUT2D eigenvalue weighted by Crippen LogP contribution is 2.49. The van der Waals surface area contributed by atoms with Crippen molar-refractivity contribution in [3.05, 3.63) is 70.2 Å². The van der Waals surface area contributed by atoms with Gasteiger partial charge in [-0.05, 0) is 23.3 Å². The Morgan fingerprint density at radius 2 is 1.71 bits per heavy atom. The Morgan fingerprint density at radius 1 is 1.07 bits per heavy atom. The Bertz CT molecular complexity index is 839. The van der Waals surface area contributed by atoms with Crippen LogP contribution in [0.4, 0.5) is 8.78 Å². The van der Waals surface area contributed by atoms with Crippen molar-refractivity contribution < 1.29 is 28.2 Å². The second-order valence-electron chi connectivity index (χ2n) is 6.99. The summed E-state index contributed by atoms with van der Waals surface area (Å²) in [7, 11) is 0. The fourth-order valence-corrected chi connectivity index (χ4v) is 3.96. The van der Waals surface area contributed by atoms with Crippen molar-refractivity contribution in [2.75, 3.05) is 0 Å². The van der Waals surface area contributed by atoms with Gasteiger partial charge in [0.2, 0.25) is 5.92 Å². The van der Waals surface area contributed by atoms with E-state index in [1.807, 2.05) is 6.07 Å². The molecule has 1 N–H and O–H groups in total. The fourth-order valence-electron chi connectivity index (χ4n) is 3.69. The largest absolute Gasteiger partial charge is 0.481 e. The van der Waals surface area contributed by atoms with Gasteiger partial charge in [0.15, 0.2) is 0 Å². The van der Waals surface area contributed by atoms with Crippen LogP contribution >= 0.6 is 15.9 Å². The molecule has 0 aliphatic heterocycles. The number of esters is 1. The van der Waals surface area contributed by atoms with Crippen molar-refractivity contribution >= 4 is 27.9 Å². The average Bonchev–Trinajstić information content (AvgIpc) is 2.66. The molecule has 1 aliphatic carbocycles. The van der Waals surface area contributed by atoms with Crippen LogP contribution in [0.25, 0.3) is 0 Å². The zero-order valence-corrected chi connectivity index (χ0v) is 16.4. The number of carbonyl (C=O) groups is 2. The van der Waals surface area contributed by atoms with Gasteiger partial charge in [-0.2, -0.15) is 0 Å². The normalized spacial score (nSPS) is 23.8. The molecule has 0 radical (unpaired) electrons. The van der Waals surface area contributed by atoms with E-state index < -0.39 is 48.5 Å². The average molecular weight is 453 g/mol. The molecular formula is C21H19BrF2O4. The molecule has 3 rings (SSSR count). The maximum absolute atomic E-state index is 14.3. The maximum atomic E-state index is 14.3. The van der Waals surface area contributed by atoms with E-state index in [0.29, 0.717) is 5.56 Å². The summed E-state index contributed by atoms with van der Waals surface area (Å²) in [5, 5.41) is 9.54. The lowest BCUT2D eigenvalue weighted by Gasteiger charge is -2.38. The summed E-state index contributed by atoms with van der Waals surface area (Å²) in [6.07, 6.45) is -1.47. The Morgan fingerprint density at radius 3 is 2.32 bits per heavy atom. The summed E-state index contributed by atoms with van der Waals surface area (Å²) < 4.78 is 34.7. The molecule has 0 saturated heterocycles. The molecule has 2 unspecified atom stereocenters. The van der Waals surface area contributed by atoms with Gasteiger partial charge in [-0.15, -0.1) is 0 Å². The van der Waals surface area contributed by atoms with Crippen molar-refractivity contribution in [2.24, 2.45) is 11.8 Å². The van der Waals surface area contributed by atoms with Crippen LogP contribution in [0.5, 0.6) is 0 Å². The molecule has 2 aromatic rings. The van der Waals surface area contributed by atoms with Crippen LogP contribution in [0.15, 0.2) is 59.1 Å². The smallest absolute Gasteiger partial charge is 0.310 e. The minimum Gasteiger partial charge on any atom is -0.481 e. The van der Waals surface area contributed by atoms with Crippen molar-refractivity contribution in [3.8, 4) is 0 Å². The standard InChI is InChI=1S/C21H19BrF2O4/c22-15-8-6-14(7-9-15)16-10-21(23,24)11-17(19(25)26)18(16)20(27)28-12-13-4-2-1-3-5-13/h1-9,16-18H,10-12H2,(H,25,26)/t16-,17?,18?/m1/s1. The summed E-state index contributed by atoms with van der Waals surface area (Å²) in [5.74, 6) is -8.98. The predicted octanol–water partition coefficient (Wildman–Crippen LogP) is 5.02. The third-order valence-electron chi connectivity index (χ3n) is 5.02. The molecular weight excluding hydrogens is 434 g/mol. The molecule has 4 nitrogen and oxygen atoms in total. The van der Waals surface area contributed by atoms with Gasteiger partial charge >= 0.3 is 11.9 Å². The van der Waals surface area contributed by atoms with E-state index in [0.717, 1.165) is 10.0 Å². The SMILES string of the molecule is O=C(O)C1CC(F)(F)C[C@H](c2ccc(Br)cc2)C1C(=O)OCc1ccccc1. The summed E-state index contributed by atoms with van der Waals surface area (Å²) in [5.41, 5.74) is 1.24. The van der Waals surface area contributed by atoms with Gasteiger partial charge in [0.25, 0.3) is 0 Å². The van der Waals surface area contributed by atoms with Gasteiger partial charge in [0.1, 0.15) is 6.61 Å². The van der Waals surface area contributed by atoms with E-state index in [-0.39, 0.29) is 6.61 Å². The zero-order valence-electron chi connectivity index (χ0n) is 14.9. The summed E-state index contributed by atoms with van der Waals surface area (Å²) in [6.45, 7) is -0.0358. The molecule has 0 heterocycles. The minimum absolute atomic E-state index is 0.0358. The number of ether oxygens (including phenoxy) is 1. The zero-order chi connectivity index (χ0) is 20.3. The van der Waals surface area contributed by atoms with Gasteiger partial charge in [-0.25, -0.2) is 8.78 Å². The summed E-state index contributed by atoms with van der Waals surface area (Å²) in [4.78, 5) is 24.5. The Kier molecular flexibility index (Phi) is 6.13. The van der Waals surface area contributed by atoms with Crippen molar-refractivity contribution in [1.82, 2.24) is 0 Å². The van der Waals surface area contributed by atoms with Gasteiger partial charge in [0.05, 0.1) is 11.8 Å². The Hall–Kier alpha value is -2.28. The van der Waals surface area contributed by atoms with E-state index in [9.17, 15) is 23.5 Å². The molecule has 0 spiro atoms. The summed E-state index contributed by atoms with van der Waals surface area (Å²) in [6, 6.07) is 15.6. The van der Waals surface area contributed by atoms with Crippen LogP contribution < -0.4 is 0 Å². The first-order valence-corrected chi connectivity index (χ1v) is 9.63. The fraction of sp³-hybridized carbons (Fsp3) is 0.333. The topological polar surface area (TPSA) is 63.6 Å². The molecule has 7 heteroatoms. The van der Waals surface area contributed by atoms with Gasteiger partial charge in [0, 0.05) is 23.2 Å². The lowest BCUT2D eigenvalue weighted by Crippen LogP contribution is -2.45. The predicted molar refractivity (Wildman–Crippen MR) is 102 cm³/mol. The van der Waals surface area contributed by atoms with E-state index >= 15 is 0 Å². The van der Waals surface area contributed by atoms with Crippen LogP contribution in [-0.4, -0.2) is 23.0 Å². The lowest BCUT2D eigenvalue weighted by molar-refractivity contribution is -0.171. The number of halogens is 3. The quantitative estimate of drug-likeness (QED) is 0.646. The highest BCUT2D eigenvalue weighted by Gasteiger charge is 2.53. The number of aliphatic carboxylic acids is 1. The van der Waals surface area contributed by atoms with Crippen molar-refractivity contribution in [3.63, 3.8) is 0 Å². The monoisotopic (exact) mass is 452 g/mol. The molecule has 28 heavy (non-hydrogen) atoms. The first kappa shape index (κ1) is 20.5. The lowest BCUT2D eigenvalue weighted by atomic mass is 9.68. The van der Waals surface area contributed by atoms with Crippen molar-refractivity contribution in [1.29, 1.82) is 0 Å². The second kappa shape index (κ2) is 8.39. The molecule has 3 atom stereocenters. The third kappa shape index (κ3) is 4.76. The minimum atomic E-state index is -3.17. The first-order chi connectivity index (χ1) is 13.3. The number of rotatable bonds is 5. The molecule has 0 aromatic heterocycles. The van der Waals surface area contributed by atoms with E-state index in [1.165, 1.54) is 0 Å². The highest BCUT2D eigenvalue weighted by molar-refractivity contribution is 9.10. The van der Waals surface area contributed by atoms with Crippen LogP contribution in [0.1, 0.15) is 29.9 Å². The number of carbonyl (C=O) groups excluding carboxylic acids is 1. The highest BCUT2D eigenvalue weighted by atomic mass is 79.9. The molecule has 1 aliphatic rings. The van der Waals surface area contributed by atoms with E-state index in [4.69, 9.17) is 4.74 Å². The van der Waals surface area contributed by atoms with E-state index in [2.05, 4.69) is 15.9 Å². The molecule has 2 aromatic carbocycles. The van der Waals surface area contributed by atoms with Crippen LogP contribution in [0.3, 0.4) is 0 Å². The number of alkyl halides is 2. The van der Waals surface area contributed by atoms with E-state index in [1.54, 1.807) is 48.5 Å². The molecule has 1 fully saturated rings. The Labute approximate surface area is 169 Å². The molecule has 148 valence electrons. The summed E-state index contributed by atoms with van der Waals surface area (Å²) >= 11 is 3.29. The maximum Gasteiger partial charge on any atom is 0.310 e. The number of hydrogen-bond donors (Lipinski definition) is 1. The number of carboxylic acids is 1. The van der Waals surface area contributed by atoms with Crippen LogP contribution in [-0.2, 0) is 20.9 Å². The second-order valence-corrected chi connectivity index (χ2v) is 7.90. The number of benzene rings is 2. The van der Waals surface area contributed by atoms with Gasteiger partial charge < -0.3 is 9.84 Å². The molecule has 0 amide bonds. The molecule has 1 saturated carbocycles. The Balaban J connectivity index is 1.89. The first-order valence-electron chi connectivity index (χ1n) is 8.83. The number of hydrogen-bond acceptors (Lipinski definition) is 3.